The molecule has 0 fully saturated rings. The molecule has 0 saturated heterocycles. The molecule has 16 heavy (non-hydrogen) atoms. The summed E-state index contributed by atoms with van der Waals surface area (Å²) in [6.45, 7) is 0. The number of nitrogens with two attached hydrogens (primary N) is 2. The number of primary amides is 1. The molecule has 0 aliphatic heterocycles. The first-order valence-corrected chi connectivity index (χ1v) is 6.42. The van der Waals surface area contributed by atoms with E-state index in [1.165, 1.54) is 28.0 Å². The van der Waals surface area contributed by atoms with Gasteiger partial charge < -0.3 is 16.4 Å². The molecule has 1 heterocycles. The number of nitrogen functional groups attached to an aromatic ring is 1. The highest BCUT2D eigenvalue weighted by molar-refractivity contribution is 8.00. The topological polar surface area (TPSA) is 89.4 Å². The smallest absolute Gasteiger partial charge is 0.265 e. The summed E-state index contributed by atoms with van der Waals surface area (Å²) in [5.41, 5.74) is 11.4. The summed E-state index contributed by atoms with van der Waals surface area (Å²) in [5, 5.41) is 0. The van der Waals surface area contributed by atoms with Crippen LogP contribution in [-0.2, 0) is 0 Å². The van der Waals surface area contributed by atoms with E-state index in [1.807, 2.05) is 6.26 Å². The van der Waals surface area contributed by atoms with E-state index in [1.54, 1.807) is 14.1 Å². The van der Waals surface area contributed by atoms with Crippen LogP contribution < -0.4 is 11.5 Å². The summed E-state index contributed by atoms with van der Waals surface area (Å²) in [7, 11) is 3.26. The molecule has 0 aliphatic carbocycles. The van der Waals surface area contributed by atoms with Gasteiger partial charge >= 0.3 is 0 Å². The number of thiophene rings is 1. The Morgan fingerprint density at radius 1 is 1.38 bits per heavy atom. The Morgan fingerprint density at radius 3 is 2.25 bits per heavy atom. The number of amides is 2. The first-order valence-electron chi connectivity index (χ1n) is 4.37. The van der Waals surface area contributed by atoms with Gasteiger partial charge in [0.1, 0.15) is 4.88 Å². The van der Waals surface area contributed by atoms with Crippen molar-refractivity contribution in [3.05, 3.63) is 10.4 Å². The van der Waals surface area contributed by atoms with E-state index in [4.69, 9.17) is 11.5 Å². The number of carbonyl (C=O) groups excluding carboxylic acids is 2. The van der Waals surface area contributed by atoms with Gasteiger partial charge in [-0.3, -0.25) is 9.59 Å². The van der Waals surface area contributed by atoms with E-state index in [2.05, 4.69) is 0 Å². The fraction of sp³-hybridized carbons (Fsp3) is 0.333. The second kappa shape index (κ2) is 4.75. The lowest BCUT2D eigenvalue weighted by Crippen LogP contribution is -2.22. The predicted octanol–water partition coefficient (Wildman–Crippen LogP) is 0.853. The van der Waals surface area contributed by atoms with Gasteiger partial charge in [-0.05, 0) is 6.26 Å². The third-order valence-electron chi connectivity index (χ3n) is 1.95. The largest absolute Gasteiger partial charge is 0.397 e. The van der Waals surface area contributed by atoms with Gasteiger partial charge in [-0.15, -0.1) is 23.1 Å². The number of rotatable bonds is 3. The molecule has 0 radical (unpaired) electrons. The van der Waals surface area contributed by atoms with Crippen LogP contribution in [0.5, 0.6) is 0 Å². The van der Waals surface area contributed by atoms with Gasteiger partial charge in [-0.25, -0.2) is 0 Å². The summed E-state index contributed by atoms with van der Waals surface area (Å²) < 4.78 is 0.676. The average molecular weight is 259 g/mol. The lowest BCUT2D eigenvalue weighted by Gasteiger charge is -2.08. The van der Waals surface area contributed by atoms with E-state index in [-0.39, 0.29) is 17.2 Å². The van der Waals surface area contributed by atoms with Crippen molar-refractivity contribution in [1.29, 1.82) is 0 Å². The zero-order chi connectivity index (χ0) is 12.5. The van der Waals surface area contributed by atoms with Crippen LogP contribution in [0, 0.1) is 0 Å². The molecule has 5 nitrogen and oxygen atoms in total. The molecule has 0 unspecified atom stereocenters. The first kappa shape index (κ1) is 12.9. The van der Waals surface area contributed by atoms with Crippen LogP contribution in [0.2, 0.25) is 0 Å². The van der Waals surface area contributed by atoms with Crippen LogP contribution in [0.25, 0.3) is 0 Å². The summed E-state index contributed by atoms with van der Waals surface area (Å²) in [6.07, 6.45) is 1.81. The molecular weight excluding hydrogens is 246 g/mol. The molecule has 0 atom stereocenters. The molecule has 0 bridgehead atoms. The number of thioether (sulfide) groups is 1. The minimum absolute atomic E-state index is 0.181. The second-order valence-electron chi connectivity index (χ2n) is 3.28. The summed E-state index contributed by atoms with van der Waals surface area (Å²) in [6, 6.07) is 0. The number of hydrogen-bond donors (Lipinski definition) is 2. The van der Waals surface area contributed by atoms with E-state index in [9.17, 15) is 9.59 Å². The number of carbonyl (C=O) groups is 2. The van der Waals surface area contributed by atoms with Crippen molar-refractivity contribution in [2.24, 2.45) is 5.73 Å². The number of hydrogen-bond acceptors (Lipinski definition) is 5. The Labute approximate surface area is 102 Å². The van der Waals surface area contributed by atoms with Crippen LogP contribution in [-0.4, -0.2) is 37.1 Å². The Balaban J connectivity index is 3.34. The van der Waals surface area contributed by atoms with Gasteiger partial charge in [0.25, 0.3) is 11.8 Å². The number of anilines is 1. The van der Waals surface area contributed by atoms with Crippen LogP contribution >= 0.6 is 23.1 Å². The van der Waals surface area contributed by atoms with Crippen LogP contribution in [0.15, 0.2) is 4.21 Å². The first-order chi connectivity index (χ1) is 7.40. The van der Waals surface area contributed by atoms with Gasteiger partial charge in [-0.2, -0.15) is 0 Å². The molecule has 0 aromatic carbocycles. The van der Waals surface area contributed by atoms with Crippen molar-refractivity contribution in [3.63, 3.8) is 0 Å². The van der Waals surface area contributed by atoms with Crippen molar-refractivity contribution in [1.82, 2.24) is 4.90 Å². The molecule has 4 N–H and O–H groups in total. The fourth-order valence-corrected chi connectivity index (χ4v) is 3.14. The summed E-state index contributed by atoms with van der Waals surface area (Å²) in [4.78, 5) is 24.8. The molecule has 1 aromatic heterocycles. The summed E-state index contributed by atoms with van der Waals surface area (Å²) in [5.74, 6) is -0.818. The average Bonchev–Trinajstić information content (AvgIpc) is 2.53. The van der Waals surface area contributed by atoms with Crippen molar-refractivity contribution >= 4 is 40.6 Å². The molecule has 1 aromatic rings. The van der Waals surface area contributed by atoms with Gasteiger partial charge in [0.05, 0.1) is 15.5 Å². The molecule has 1 rings (SSSR count). The lowest BCUT2D eigenvalue weighted by atomic mass is 10.2. The van der Waals surface area contributed by atoms with Crippen molar-refractivity contribution < 1.29 is 9.59 Å². The van der Waals surface area contributed by atoms with Gasteiger partial charge in [0, 0.05) is 14.1 Å². The molecule has 2 amide bonds. The maximum atomic E-state index is 11.8. The van der Waals surface area contributed by atoms with Gasteiger partial charge in [-0.1, -0.05) is 0 Å². The molecular formula is C9H13N3O2S2. The zero-order valence-electron chi connectivity index (χ0n) is 9.23. The van der Waals surface area contributed by atoms with Gasteiger partial charge in [0.2, 0.25) is 0 Å². The predicted molar refractivity (Wildman–Crippen MR) is 67.0 cm³/mol. The molecule has 0 spiro atoms. The minimum Gasteiger partial charge on any atom is -0.397 e. The second-order valence-corrected chi connectivity index (χ2v) is 5.37. The fourth-order valence-electron chi connectivity index (χ4n) is 1.16. The zero-order valence-corrected chi connectivity index (χ0v) is 10.9. The third-order valence-corrected chi connectivity index (χ3v) is 4.26. The molecule has 0 aliphatic rings. The van der Waals surface area contributed by atoms with Crippen LogP contribution in [0.3, 0.4) is 0 Å². The summed E-state index contributed by atoms with van der Waals surface area (Å²) >= 11 is 2.55. The van der Waals surface area contributed by atoms with E-state index >= 15 is 0 Å². The molecule has 88 valence electrons. The van der Waals surface area contributed by atoms with Crippen molar-refractivity contribution in [3.8, 4) is 0 Å². The Morgan fingerprint density at radius 2 is 1.94 bits per heavy atom. The number of nitrogens with zero attached hydrogens (tertiary/aromatic N) is 1. The van der Waals surface area contributed by atoms with Crippen LogP contribution in [0.1, 0.15) is 20.0 Å². The van der Waals surface area contributed by atoms with E-state index in [0.29, 0.717) is 9.09 Å². The Kier molecular flexibility index (Phi) is 3.82. The molecule has 7 heteroatoms. The maximum Gasteiger partial charge on any atom is 0.265 e. The third kappa shape index (κ3) is 2.14. The lowest BCUT2D eigenvalue weighted by molar-refractivity contribution is 0.0833. The van der Waals surface area contributed by atoms with E-state index in [0.717, 1.165) is 0 Å². The Bertz CT molecular complexity index is 440. The minimum atomic E-state index is -0.601. The highest BCUT2D eigenvalue weighted by Gasteiger charge is 2.24. The van der Waals surface area contributed by atoms with Crippen molar-refractivity contribution in [2.75, 3.05) is 26.1 Å². The monoisotopic (exact) mass is 259 g/mol. The van der Waals surface area contributed by atoms with Crippen molar-refractivity contribution in [2.45, 2.75) is 4.21 Å². The Hall–Kier alpha value is -1.21. The van der Waals surface area contributed by atoms with E-state index < -0.39 is 5.91 Å². The maximum absolute atomic E-state index is 11.8. The highest BCUT2D eigenvalue weighted by atomic mass is 32.2. The highest BCUT2D eigenvalue weighted by Crippen LogP contribution is 2.37. The normalized spacial score (nSPS) is 10.2. The van der Waals surface area contributed by atoms with Gasteiger partial charge in [0.15, 0.2) is 0 Å². The quantitative estimate of drug-likeness (QED) is 0.788. The molecule has 0 saturated carbocycles. The standard InChI is InChI=1S/C9H13N3O2S2/c1-12(2)8(14)6-5(10)4(7(11)13)9(15-3)16-6/h10H2,1-3H3,(H2,11,13). The SMILES string of the molecule is CSc1sc(C(=O)N(C)C)c(N)c1C(N)=O. The van der Waals surface area contributed by atoms with Crippen LogP contribution in [0.4, 0.5) is 5.69 Å².